The monoisotopic (exact) mass is 193 g/mol. The number of phosphoric acid groups is 1. The summed E-state index contributed by atoms with van der Waals surface area (Å²) in [6, 6.07) is 3.40. The second kappa shape index (κ2) is 3.18. The van der Waals surface area contributed by atoms with Crippen LogP contribution in [-0.2, 0) is 4.57 Å². The molecule has 0 aliphatic heterocycles. The highest BCUT2D eigenvalue weighted by Gasteiger charge is 2.16. The van der Waals surface area contributed by atoms with E-state index in [1.807, 2.05) is 0 Å². The number of hydrogen-bond donors (Lipinski definition) is 2. The van der Waals surface area contributed by atoms with Crippen LogP contribution in [0.25, 0.3) is 0 Å². The lowest BCUT2D eigenvalue weighted by atomic mass is 10.5. The molecule has 0 bridgehead atoms. The van der Waals surface area contributed by atoms with Crippen molar-refractivity contribution in [3.05, 3.63) is 24.1 Å². The van der Waals surface area contributed by atoms with Crippen LogP contribution in [0.5, 0.6) is 5.88 Å². The molecule has 1 aromatic rings. The molecule has 0 aliphatic carbocycles. The summed E-state index contributed by atoms with van der Waals surface area (Å²) in [4.78, 5) is 19.7. The van der Waals surface area contributed by atoms with E-state index < -0.39 is 19.7 Å². The molecule has 2 N–H and O–H groups in total. The molecule has 1 rings (SSSR count). The zero-order chi connectivity index (χ0) is 9.19. The quantitative estimate of drug-likeness (QED) is 0.533. The van der Waals surface area contributed by atoms with Crippen LogP contribution in [0.1, 0.15) is 0 Å². The van der Waals surface area contributed by atoms with Crippen LogP contribution in [0.4, 0.5) is 4.39 Å². The Balaban J connectivity index is 2.84. The van der Waals surface area contributed by atoms with Crippen molar-refractivity contribution in [1.82, 2.24) is 4.98 Å². The van der Waals surface area contributed by atoms with Crippen molar-refractivity contribution in [2.75, 3.05) is 0 Å². The molecule has 1 aromatic heterocycles. The van der Waals surface area contributed by atoms with Crippen molar-refractivity contribution in [1.29, 1.82) is 0 Å². The van der Waals surface area contributed by atoms with Crippen molar-refractivity contribution < 1.29 is 23.3 Å². The lowest BCUT2D eigenvalue weighted by molar-refractivity contribution is 0.278. The van der Waals surface area contributed by atoms with Gasteiger partial charge in [0, 0.05) is 6.07 Å². The molecule has 1 heterocycles. The number of halogens is 1. The van der Waals surface area contributed by atoms with Gasteiger partial charge in [-0.15, -0.1) is 0 Å². The van der Waals surface area contributed by atoms with Gasteiger partial charge in [-0.25, -0.2) is 4.57 Å². The molecule has 5 nitrogen and oxygen atoms in total. The van der Waals surface area contributed by atoms with Gasteiger partial charge in [-0.2, -0.15) is 9.37 Å². The van der Waals surface area contributed by atoms with Crippen LogP contribution in [-0.4, -0.2) is 14.8 Å². The summed E-state index contributed by atoms with van der Waals surface area (Å²) in [5.41, 5.74) is 0. The topological polar surface area (TPSA) is 79.7 Å². The van der Waals surface area contributed by atoms with Crippen LogP contribution in [0.3, 0.4) is 0 Å². The molecule has 0 spiro atoms. The van der Waals surface area contributed by atoms with E-state index in [-0.39, 0.29) is 0 Å². The zero-order valence-electron chi connectivity index (χ0n) is 5.72. The van der Waals surface area contributed by atoms with Crippen LogP contribution < -0.4 is 4.52 Å². The molecule has 7 heteroatoms. The normalized spacial score (nSPS) is 11.2. The first-order valence-electron chi connectivity index (χ1n) is 2.85. The number of pyridine rings is 1. The van der Waals surface area contributed by atoms with E-state index in [4.69, 9.17) is 9.79 Å². The van der Waals surface area contributed by atoms with Crippen molar-refractivity contribution in [3.8, 4) is 5.88 Å². The lowest BCUT2D eigenvalue weighted by Gasteiger charge is -2.04. The molecular formula is C5H5FNO4P. The van der Waals surface area contributed by atoms with E-state index in [1.165, 1.54) is 6.07 Å². The lowest BCUT2D eigenvalue weighted by Crippen LogP contribution is -1.93. The third kappa shape index (κ3) is 2.96. The van der Waals surface area contributed by atoms with E-state index in [0.717, 1.165) is 12.1 Å². The first-order valence-corrected chi connectivity index (χ1v) is 4.38. The smallest absolute Gasteiger partial charge is 0.386 e. The summed E-state index contributed by atoms with van der Waals surface area (Å²) in [6.45, 7) is 0. The van der Waals surface area contributed by atoms with E-state index in [9.17, 15) is 8.96 Å². The fraction of sp³-hybridized carbons (Fsp3) is 0. The van der Waals surface area contributed by atoms with E-state index in [1.54, 1.807) is 0 Å². The van der Waals surface area contributed by atoms with Crippen LogP contribution >= 0.6 is 7.82 Å². The van der Waals surface area contributed by atoms with Crippen molar-refractivity contribution in [3.63, 3.8) is 0 Å². The second-order valence-corrected chi connectivity index (χ2v) is 3.04. The second-order valence-electron chi connectivity index (χ2n) is 1.88. The first-order chi connectivity index (χ1) is 5.47. The first kappa shape index (κ1) is 9.12. The molecule has 0 unspecified atom stereocenters. The molecule has 0 radical (unpaired) electrons. The summed E-state index contributed by atoms with van der Waals surface area (Å²) < 4.78 is 26.5. The number of phosphoric ester groups is 1. The van der Waals surface area contributed by atoms with Crippen molar-refractivity contribution in [2.24, 2.45) is 0 Å². The number of rotatable bonds is 2. The highest BCUT2D eigenvalue weighted by molar-refractivity contribution is 7.46. The fourth-order valence-electron chi connectivity index (χ4n) is 0.562. The Morgan fingerprint density at radius 2 is 2.17 bits per heavy atom. The van der Waals surface area contributed by atoms with E-state index in [2.05, 4.69) is 9.51 Å². The Bertz CT molecular complexity index is 325. The predicted molar refractivity (Wildman–Crippen MR) is 36.9 cm³/mol. The summed E-state index contributed by atoms with van der Waals surface area (Å²) in [5.74, 6) is -1.30. The Morgan fingerprint density at radius 1 is 1.50 bits per heavy atom. The van der Waals surface area contributed by atoms with E-state index >= 15 is 0 Å². The van der Waals surface area contributed by atoms with Crippen molar-refractivity contribution >= 4 is 7.82 Å². The van der Waals surface area contributed by atoms with Gasteiger partial charge in [0.1, 0.15) is 0 Å². The maximum Gasteiger partial charge on any atom is 0.526 e. The Labute approximate surface area is 67.1 Å². The van der Waals surface area contributed by atoms with E-state index in [0.29, 0.717) is 0 Å². The Kier molecular flexibility index (Phi) is 2.42. The van der Waals surface area contributed by atoms with Crippen LogP contribution in [0, 0.1) is 5.95 Å². The average Bonchev–Trinajstić information content (AvgIpc) is 1.82. The SMILES string of the molecule is O=P(O)(O)Oc1cccc(F)n1. The average molecular weight is 193 g/mol. The number of aromatic nitrogens is 1. The van der Waals surface area contributed by atoms with Gasteiger partial charge in [0.25, 0.3) is 0 Å². The minimum Gasteiger partial charge on any atom is -0.386 e. The van der Waals surface area contributed by atoms with Gasteiger partial charge < -0.3 is 4.52 Å². The van der Waals surface area contributed by atoms with Gasteiger partial charge in [0.2, 0.25) is 11.8 Å². The summed E-state index contributed by atoms with van der Waals surface area (Å²) in [5, 5.41) is 0. The summed E-state index contributed by atoms with van der Waals surface area (Å²) >= 11 is 0. The Morgan fingerprint density at radius 3 is 2.67 bits per heavy atom. The maximum absolute atomic E-state index is 12.3. The van der Waals surface area contributed by atoms with Gasteiger partial charge in [-0.3, -0.25) is 9.79 Å². The third-order valence-electron chi connectivity index (χ3n) is 0.902. The van der Waals surface area contributed by atoms with Gasteiger partial charge in [0.05, 0.1) is 0 Å². The minimum atomic E-state index is -4.64. The van der Waals surface area contributed by atoms with Gasteiger partial charge in [-0.05, 0) is 6.07 Å². The molecule has 0 atom stereocenters. The Hall–Kier alpha value is -0.970. The highest BCUT2D eigenvalue weighted by atomic mass is 31.2. The molecule has 12 heavy (non-hydrogen) atoms. The molecule has 0 aromatic carbocycles. The molecule has 0 amide bonds. The molecule has 0 saturated carbocycles. The molecule has 0 saturated heterocycles. The van der Waals surface area contributed by atoms with Gasteiger partial charge in [0.15, 0.2) is 0 Å². The summed E-state index contributed by atoms with van der Waals surface area (Å²) in [6.07, 6.45) is 0. The summed E-state index contributed by atoms with van der Waals surface area (Å²) in [7, 11) is -4.64. The standard InChI is InChI=1S/C5H5FNO4P/c6-4-2-1-3-5(7-4)11-12(8,9)10/h1-3H,(H2,8,9,10). The van der Waals surface area contributed by atoms with Crippen molar-refractivity contribution in [2.45, 2.75) is 0 Å². The number of nitrogens with zero attached hydrogens (tertiary/aromatic N) is 1. The fourth-order valence-corrected chi connectivity index (χ4v) is 0.908. The van der Waals surface area contributed by atoms with Gasteiger partial charge >= 0.3 is 7.82 Å². The largest absolute Gasteiger partial charge is 0.526 e. The molecule has 66 valence electrons. The zero-order valence-corrected chi connectivity index (χ0v) is 6.61. The van der Waals surface area contributed by atoms with Crippen LogP contribution in [0.15, 0.2) is 18.2 Å². The predicted octanol–water partition coefficient (Wildman–Crippen LogP) is 0.692. The van der Waals surface area contributed by atoms with Crippen LogP contribution in [0.2, 0.25) is 0 Å². The maximum atomic E-state index is 12.3. The minimum absolute atomic E-state index is 0.441. The molecule has 0 aliphatic rings. The third-order valence-corrected chi connectivity index (χ3v) is 1.33. The molecule has 0 fully saturated rings. The highest BCUT2D eigenvalue weighted by Crippen LogP contribution is 2.36. The molecular weight excluding hydrogens is 188 g/mol. The number of hydrogen-bond acceptors (Lipinski definition) is 3. The van der Waals surface area contributed by atoms with Gasteiger partial charge in [-0.1, -0.05) is 6.07 Å².